The second-order valence-corrected chi connectivity index (χ2v) is 3.66. The largest absolute Gasteiger partial charge is 0.383 e. The van der Waals surface area contributed by atoms with E-state index in [1.807, 2.05) is 0 Å². The van der Waals surface area contributed by atoms with Crippen molar-refractivity contribution >= 4 is 5.91 Å². The van der Waals surface area contributed by atoms with Crippen LogP contribution in [-0.4, -0.2) is 39.3 Å². The molecular weight excluding hydrogens is 192 g/mol. The van der Waals surface area contributed by atoms with Gasteiger partial charge in [0.2, 0.25) is 5.91 Å². The summed E-state index contributed by atoms with van der Waals surface area (Å²) in [5.41, 5.74) is 0. The minimum Gasteiger partial charge on any atom is -0.383 e. The predicted octanol–water partition coefficient (Wildman–Crippen LogP) is 0.775. The lowest BCUT2D eigenvalue weighted by Gasteiger charge is -2.13. The van der Waals surface area contributed by atoms with Gasteiger partial charge < -0.3 is 15.4 Å². The summed E-state index contributed by atoms with van der Waals surface area (Å²) in [6.45, 7) is 6.82. The Morgan fingerprint density at radius 3 is 2.53 bits per heavy atom. The lowest BCUT2D eigenvalue weighted by molar-refractivity contribution is -0.120. The average molecular weight is 216 g/mol. The molecule has 0 saturated heterocycles. The molecule has 4 nitrogen and oxygen atoms in total. The number of hydrogen-bond donors (Lipinski definition) is 2. The minimum atomic E-state index is 0.0676. The van der Waals surface area contributed by atoms with Crippen molar-refractivity contribution in [3.63, 3.8) is 0 Å². The summed E-state index contributed by atoms with van der Waals surface area (Å²) in [5.74, 6) is 0.672. The molecule has 0 aliphatic carbocycles. The van der Waals surface area contributed by atoms with Crippen LogP contribution in [0.3, 0.4) is 0 Å². The van der Waals surface area contributed by atoms with Crippen molar-refractivity contribution in [2.24, 2.45) is 5.92 Å². The van der Waals surface area contributed by atoms with E-state index in [0.29, 0.717) is 19.1 Å². The van der Waals surface area contributed by atoms with Gasteiger partial charge in [0.1, 0.15) is 0 Å². The molecule has 0 aromatic heterocycles. The Morgan fingerprint density at radius 2 is 2.00 bits per heavy atom. The summed E-state index contributed by atoms with van der Waals surface area (Å²) in [5, 5.41) is 5.93. The van der Waals surface area contributed by atoms with Crippen molar-refractivity contribution in [1.29, 1.82) is 0 Å². The van der Waals surface area contributed by atoms with Gasteiger partial charge >= 0.3 is 0 Å². The maximum absolute atomic E-state index is 11.3. The van der Waals surface area contributed by atoms with Crippen LogP contribution < -0.4 is 10.6 Å². The Balaban J connectivity index is 3.40. The first-order chi connectivity index (χ1) is 7.24. The summed E-state index contributed by atoms with van der Waals surface area (Å²) in [7, 11) is 1.65. The van der Waals surface area contributed by atoms with Gasteiger partial charge in [0.25, 0.3) is 0 Å². The number of carbonyl (C=O) groups excluding carboxylic acids is 1. The van der Waals surface area contributed by atoms with Crippen LogP contribution in [0.25, 0.3) is 0 Å². The molecule has 0 saturated carbocycles. The van der Waals surface area contributed by atoms with E-state index >= 15 is 0 Å². The highest BCUT2D eigenvalue weighted by Gasteiger charge is 2.05. The molecule has 0 unspecified atom stereocenters. The highest BCUT2D eigenvalue weighted by atomic mass is 16.5. The Morgan fingerprint density at radius 1 is 1.33 bits per heavy atom. The van der Waals surface area contributed by atoms with Crippen LogP contribution in [-0.2, 0) is 9.53 Å². The molecule has 0 aromatic carbocycles. The minimum absolute atomic E-state index is 0.0676. The zero-order valence-electron chi connectivity index (χ0n) is 10.1. The molecule has 0 radical (unpaired) electrons. The van der Waals surface area contributed by atoms with Gasteiger partial charge in [-0.25, -0.2) is 0 Å². The van der Waals surface area contributed by atoms with Crippen LogP contribution in [0.15, 0.2) is 0 Å². The molecule has 0 fully saturated rings. The van der Waals surface area contributed by atoms with Crippen molar-refractivity contribution < 1.29 is 9.53 Å². The maximum Gasteiger partial charge on any atom is 0.233 e. The molecule has 90 valence electrons. The van der Waals surface area contributed by atoms with Crippen molar-refractivity contribution in [2.45, 2.75) is 26.7 Å². The SMILES string of the molecule is CCC(CC)CNC(=O)CNCCOC. The topological polar surface area (TPSA) is 50.4 Å². The standard InChI is InChI=1S/C11H24N2O2/c1-4-10(5-2)8-13-11(14)9-12-6-7-15-3/h10,12H,4-9H2,1-3H3,(H,13,14). The molecule has 15 heavy (non-hydrogen) atoms. The molecule has 0 atom stereocenters. The molecule has 0 aromatic rings. The van der Waals surface area contributed by atoms with Crippen LogP contribution in [0.4, 0.5) is 0 Å². The third kappa shape index (κ3) is 8.39. The van der Waals surface area contributed by atoms with Crippen LogP contribution in [0.5, 0.6) is 0 Å². The molecule has 0 heterocycles. The fourth-order valence-electron chi connectivity index (χ4n) is 1.27. The van der Waals surface area contributed by atoms with Gasteiger partial charge in [-0.2, -0.15) is 0 Å². The molecule has 0 bridgehead atoms. The summed E-state index contributed by atoms with van der Waals surface area (Å²) in [6, 6.07) is 0. The second kappa shape index (κ2) is 9.93. The van der Waals surface area contributed by atoms with Crippen LogP contribution >= 0.6 is 0 Å². The smallest absolute Gasteiger partial charge is 0.233 e. The number of ether oxygens (including phenoxy) is 1. The van der Waals surface area contributed by atoms with Crippen LogP contribution in [0, 0.1) is 5.92 Å². The summed E-state index contributed by atoms with van der Waals surface area (Å²) in [6.07, 6.45) is 2.24. The quantitative estimate of drug-likeness (QED) is 0.560. The third-order valence-electron chi connectivity index (χ3n) is 2.51. The number of methoxy groups -OCH3 is 1. The van der Waals surface area contributed by atoms with Gasteiger partial charge in [-0.15, -0.1) is 0 Å². The predicted molar refractivity (Wildman–Crippen MR) is 61.8 cm³/mol. The molecule has 0 rings (SSSR count). The number of carbonyl (C=O) groups is 1. The van der Waals surface area contributed by atoms with Crippen LogP contribution in [0.2, 0.25) is 0 Å². The number of hydrogen-bond acceptors (Lipinski definition) is 3. The Hall–Kier alpha value is -0.610. The first-order valence-electron chi connectivity index (χ1n) is 5.70. The summed E-state index contributed by atoms with van der Waals surface area (Å²) < 4.78 is 4.86. The Bertz CT molecular complexity index is 159. The van der Waals surface area contributed by atoms with Gasteiger partial charge in [0.15, 0.2) is 0 Å². The van der Waals surface area contributed by atoms with Crippen molar-refractivity contribution in [1.82, 2.24) is 10.6 Å². The van der Waals surface area contributed by atoms with E-state index in [0.717, 1.165) is 25.9 Å². The van der Waals surface area contributed by atoms with Crippen molar-refractivity contribution in [3.8, 4) is 0 Å². The fraction of sp³-hybridized carbons (Fsp3) is 0.909. The molecule has 0 aliphatic heterocycles. The highest BCUT2D eigenvalue weighted by molar-refractivity contribution is 5.77. The Kier molecular flexibility index (Phi) is 9.52. The van der Waals surface area contributed by atoms with E-state index in [4.69, 9.17) is 4.74 Å². The van der Waals surface area contributed by atoms with Crippen molar-refractivity contribution in [3.05, 3.63) is 0 Å². The molecule has 0 spiro atoms. The van der Waals surface area contributed by atoms with Gasteiger partial charge in [-0.05, 0) is 5.92 Å². The van der Waals surface area contributed by atoms with E-state index < -0.39 is 0 Å². The van der Waals surface area contributed by atoms with E-state index in [9.17, 15) is 4.79 Å². The van der Waals surface area contributed by atoms with E-state index in [1.54, 1.807) is 7.11 Å². The normalized spacial score (nSPS) is 10.7. The van der Waals surface area contributed by atoms with E-state index in [-0.39, 0.29) is 5.91 Å². The summed E-state index contributed by atoms with van der Waals surface area (Å²) in [4.78, 5) is 11.3. The third-order valence-corrected chi connectivity index (χ3v) is 2.51. The first-order valence-corrected chi connectivity index (χ1v) is 5.70. The van der Waals surface area contributed by atoms with E-state index in [1.165, 1.54) is 0 Å². The second-order valence-electron chi connectivity index (χ2n) is 3.66. The van der Waals surface area contributed by atoms with Gasteiger partial charge in [0.05, 0.1) is 13.2 Å². The molecule has 4 heteroatoms. The summed E-state index contributed by atoms with van der Waals surface area (Å²) >= 11 is 0. The maximum atomic E-state index is 11.3. The van der Waals surface area contributed by atoms with E-state index in [2.05, 4.69) is 24.5 Å². The zero-order chi connectivity index (χ0) is 11.5. The molecule has 2 N–H and O–H groups in total. The van der Waals surface area contributed by atoms with Gasteiger partial charge in [-0.1, -0.05) is 26.7 Å². The fourth-order valence-corrected chi connectivity index (χ4v) is 1.27. The zero-order valence-corrected chi connectivity index (χ0v) is 10.1. The number of rotatable bonds is 9. The van der Waals surface area contributed by atoms with Crippen molar-refractivity contribution in [2.75, 3.05) is 33.4 Å². The molecule has 0 aliphatic rings. The van der Waals surface area contributed by atoms with Gasteiger partial charge in [-0.3, -0.25) is 4.79 Å². The Labute approximate surface area is 92.8 Å². The average Bonchev–Trinajstić information content (AvgIpc) is 2.26. The molecular formula is C11H24N2O2. The van der Waals surface area contributed by atoms with Gasteiger partial charge in [0, 0.05) is 20.2 Å². The molecule has 1 amide bonds. The monoisotopic (exact) mass is 216 g/mol. The lowest BCUT2D eigenvalue weighted by Crippen LogP contribution is -2.37. The van der Waals surface area contributed by atoms with Crippen LogP contribution in [0.1, 0.15) is 26.7 Å². The lowest BCUT2D eigenvalue weighted by atomic mass is 10.0. The highest BCUT2D eigenvalue weighted by Crippen LogP contribution is 2.04. The number of amides is 1. The number of nitrogens with one attached hydrogen (secondary N) is 2. The first kappa shape index (κ1) is 14.4.